The quantitative estimate of drug-likeness (QED) is 0.420. The van der Waals surface area contributed by atoms with E-state index in [1.165, 1.54) is 76.0 Å². The molecule has 0 atom stereocenters. The number of thioether (sulfide) groups is 1. The van der Waals surface area contributed by atoms with Crippen molar-refractivity contribution in [1.29, 1.82) is 0 Å². The molecule has 0 aromatic rings. The molecule has 0 saturated heterocycles. The predicted octanol–water partition coefficient (Wildman–Crippen LogP) is 6.21. The highest BCUT2D eigenvalue weighted by atomic mass is 32.2. The second kappa shape index (κ2) is 11.8. The summed E-state index contributed by atoms with van der Waals surface area (Å²) in [5, 5.41) is 0.337. The van der Waals surface area contributed by atoms with Gasteiger partial charge in [-0.25, -0.2) is 0 Å². The zero-order valence-corrected chi connectivity index (χ0v) is 14.4. The zero-order chi connectivity index (χ0) is 14.6. The standard InChI is InChI=1S/C17H34OS/c1-5-6-7-8-9-10-11-12-13-14-15-19-16(18)17(2,3)4/h5-15H2,1-4H3. The third kappa shape index (κ3) is 12.8. The van der Waals surface area contributed by atoms with E-state index in [1.807, 2.05) is 20.8 Å². The van der Waals surface area contributed by atoms with Gasteiger partial charge in [-0.3, -0.25) is 4.79 Å². The molecule has 0 rings (SSSR count). The van der Waals surface area contributed by atoms with Crippen LogP contribution < -0.4 is 0 Å². The number of unbranched alkanes of at least 4 members (excludes halogenated alkanes) is 9. The van der Waals surface area contributed by atoms with Crippen LogP contribution in [0.3, 0.4) is 0 Å². The van der Waals surface area contributed by atoms with E-state index in [4.69, 9.17) is 0 Å². The molecule has 0 fully saturated rings. The van der Waals surface area contributed by atoms with Crippen LogP contribution in [0.5, 0.6) is 0 Å². The van der Waals surface area contributed by atoms with E-state index in [2.05, 4.69) is 6.92 Å². The summed E-state index contributed by atoms with van der Waals surface area (Å²) in [4.78, 5) is 11.7. The number of hydrogen-bond donors (Lipinski definition) is 0. The van der Waals surface area contributed by atoms with Crippen LogP contribution in [0.25, 0.3) is 0 Å². The fourth-order valence-corrected chi connectivity index (χ4v) is 2.94. The highest BCUT2D eigenvalue weighted by molar-refractivity contribution is 8.13. The van der Waals surface area contributed by atoms with Gasteiger partial charge in [0, 0.05) is 11.2 Å². The van der Waals surface area contributed by atoms with Gasteiger partial charge in [0.05, 0.1) is 0 Å². The van der Waals surface area contributed by atoms with Crippen LogP contribution >= 0.6 is 11.8 Å². The van der Waals surface area contributed by atoms with Gasteiger partial charge < -0.3 is 0 Å². The van der Waals surface area contributed by atoms with Gasteiger partial charge in [0.15, 0.2) is 5.12 Å². The molecule has 0 aromatic carbocycles. The van der Waals surface area contributed by atoms with Crippen molar-refractivity contribution in [3.63, 3.8) is 0 Å². The third-order valence-electron chi connectivity index (χ3n) is 3.34. The summed E-state index contributed by atoms with van der Waals surface area (Å²) in [6.07, 6.45) is 13.6. The molecule has 0 radical (unpaired) electrons. The second-order valence-electron chi connectivity index (χ2n) is 6.57. The average Bonchev–Trinajstić information content (AvgIpc) is 2.34. The summed E-state index contributed by atoms with van der Waals surface area (Å²) in [6, 6.07) is 0. The molecule has 0 bridgehead atoms. The van der Waals surface area contributed by atoms with E-state index in [0.29, 0.717) is 5.12 Å². The summed E-state index contributed by atoms with van der Waals surface area (Å²) in [7, 11) is 0. The van der Waals surface area contributed by atoms with Crippen LogP contribution in [-0.4, -0.2) is 10.9 Å². The Morgan fingerprint density at radius 2 is 1.21 bits per heavy atom. The van der Waals surface area contributed by atoms with Crippen molar-refractivity contribution in [2.24, 2.45) is 5.41 Å². The molecule has 1 nitrogen and oxygen atoms in total. The fourth-order valence-electron chi connectivity index (χ4n) is 1.97. The molecule has 0 aliphatic rings. The molecule has 0 spiro atoms. The molecule has 0 aromatic heterocycles. The van der Waals surface area contributed by atoms with E-state index in [0.717, 1.165) is 5.75 Å². The van der Waals surface area contributed by atoms with Gasteiger partial charge in [0.1, 0.15) is 0 Å². The summed E-state index contributed by atoms with van der Waals surface area (Å²) < 4.78 is 0. The Bertz CT molecular complexity index is 218. The maximum Gasteiger partial charge on any atom is 0.194 e. The lowest BCUT2D eigenvalue weighted by molar-refractivity contribution is -0.117. The van der Waals surface area contributed by atoms with Crippen LogP contribution in [-0.2, 0) is 4.79 Å². The zero-order valence-electron chi connectivity index (χ0n) is 13.6. The smallest absolute Gasteiger partial charge is 0.194 e. The minimum atomic E-state index is -0.177. The van der Waals surface area contributed by atoms with Crippen LogP contribution in [0.4, 0.5) is 0 Å². The number of hydrogen-bond acceptors (Lipinski definition) is 2. The molecule has 2 heteroatoms. The van der Waals surface area contributed by atoms with Crippen LogP contribution in [0.15, 0.2) is 0 Å². The largest absolute Gasteiger partial charge is 0.287 e. The van der Waals surface area contributed by atoms with Gasteiger partial charge >= 0.3 is 0 Å². The maximum absolute atomic E-state index is 11.7. The van der Waals surface area contributed by atoms with Crippen molar-refractivity contribution in [2.45, 2.75) is 91.9 Å². The van der Waals surface area contributed by atoms with E-state index in [-0.39, 0.29) is 5.41 Å². The summed E-state index contributed by atoms with van der Waals surface area (Å²) in [5.41, 5.74) is -0.177. The normalized spacial score (nSPS) is 11.8. The first-order chi connectivity index (χ1) is 8.98. The Hall–Kier alpha value is 0.0200. The molecule has 0 aliphatic heterocycles. The van der Waals surface area contributed by atoms with Crippen LogP contribution in [0, 0.1) is 5.41 Å². The van der Waals surface area contributed by atoms with Crippen LogP contribution in [0.1, 0.15) is 91.9 Å². The Labute approximate surface area is 125 Å². The van der Waals surface area contributed by atoms with Crippen molar-refractivity contribution in [1.82, 2.24) is 0 Å². The first-order valence-electron chi connectivity index (χ1n) is 8.15. The molecule has 0 amide bonds. The Kier molecular flexibility index (Phi) is 11.8. The Morgan fingerprint density at radius 1 is 0.789 bits per heavy atom. The van der Waals surface area contributed by atoms with E-state index in [1.54, 1.807) is 0 Å². The van der Waals surface area contributed by atoms with E-state index < -0.39 is 0 Å². The second-order valence-corrected chi connectivity index (χ2v) is 7.64. The molecule has 0 unspecified atom stereocenters. The van der Waals surface area contributed by atoms with Crippen molar-refractivity contribution >= 4 is 16.9 Å². The van der Waals surface area contributed by atoms with Gasteiger partial charge in [0.2, 0.25) is 0 Å². The minimum absolute atomic E-state index is 0.177. The molecule has 19 heavy (non-hydrogen) atoms. The monoisotopic (exact) mass is 286 g/mol. The van der Waals surface area contributed by atoms with Crippen molar-refractivity contribution in [3.8, 4) is 0 Å². The van der Waals surface area contributed by atoms with Gasteiger partial charge in [-0.05, 0) is 6.42 Å². The topological polar surface area (TPSA) is 17.1 Å². The minimum Gasteiger partial charge on any atom is -0.287 e. The lowest BCUT2D eigenvalue weighted by Crippen LogP contribution is -2.16. The van der Waals surface area contributed by atoms with Crippen molar-refractivity contribution in [3.05, 3.63) is 0 Å². The number of carbonyl (C=O) groups excluding carboxylic acids is 1. The number of carbonyl (C=O) groups is 1. The highest BCUT2D eigenvalue weighted by Crippen LogP contribution is 2.23. The fraction of sp³-hybridized carbons (Fsp3) is 0.941. The Balaban J connectivity index is 3.17. The Morgan fingerprint density at radius 3 is 1.63 bits per heavy atom. The lowest BCUT2D eigenvalue weighted by atomic mass is 10.00. The summed E-state index contributed by atoms with van der Waals surface area (Å²) in [5.74, 6) is 1.01. The van der Waals surface area contributed by atoms with E-state index in [9.17, 15) is 4.79 Å². The van der Waals surface area contributed by atoms with Gasteiger partial charge in [-0.15, -0.1) is 0 Å². The summed E-state index contributed by atoms with van der Waals surface area (Å²) in [6.45, 7) is 8.27. The highest BCUT2D eigenvalue weighted by Gasteiger charge is 2.20. The average molecular weight is 287 g/mol. The molecule has 0 heterocycles. The predicted molar refractivity (Wildman–Crippen MR) is 88.8 cm³/mol. The SMILES string of the molecule is CCCCCCCCCCCCSC(=O)C(C)(C)C. The van der Waals surface area contributed by atoms with Crippen molar-refractivity contribution in [2.75, 3.05) is 5.75 Å². The van der Waals surface area contributed by atoms with Crippen LogP contribution in [0.2, 0.25) is 0 Å². The maximum atomic E-state index is 11.7. The number of rotatable bonds is 11. The van der Waals surface area contributed by atoms with Gasteiger partial charge in [0.25, 0.3) is 0 Å². The molecular formula is C17H34OS. The first-order valence-corrected chi connectivity index (χ1v) is 9.14. The molecule has 0 aliphatic carbocycles. The van der Waals surface area contributed by atoms with Gasteiger partial charge in [-0.2, -0.15) is 0 Å². The third-order valence-corrected chi connectivity index (χ3v) is 4.71. The summed E-state index contributed by atoms with van der Waals surface area (Å²) >= 11 is 1.52. The molecule has 0 N–H and O–H groups in total. The lowest BCUT2D eigenvalue weighted by Gasteiger charge is -2.15. The molecule has 114 valence electrons. The van der Waals surface area contributed by atoms with Gasteiger partial charge in [-0.1, -0.05) is 97.2 Å². The van der Waals surface area contributed by atoms with Crippen molar-refractivity contribution < 1.29 is 4.79 Å². The molecule has 0 saturated carbocycles. The van der Waals surface area contributed by atoms with E-state index >= 15 is 0 Å². The molecular weight excluding hydrogens is 252 g/mol. The first kappa shape index (κ1) is 19.0.